The van der Waals surface area contributed by atoms with Gasteiger partial charge in [-0.05, 0) is 41.1 Å². The van der Waals surface area contributed by atoms with Crippen LogP contribution in [0.4, 0.5) is 5.69 Å². The van der Waals surface area contributed by atoms with Crippen LogP contribution in [0.3, 0.4) is 0 Å². The first-order chi connectivity index (χ1) is 11.1. The molecule has 0 aliphatic heterocycles. The molecule has 0 heterocycles. The second-order valence-corrected chi connectivity index (χ2v) is 6.86. The number of fused-ring (bicyclic) bond motifs is 1. The van der Waals surface area contributed by atoms with E-state index in [1.54, 1.807) is 18.2 Å². The first kappa shape index (κ1) is 16.2. The highest BCUT2D eigenvalue weighted by molar-refractivity contribution is 8.00. The normalized spacial score (nSPS) is 10.7. The lowest BCUT2D eigenvalue weighted by Gasteiger charge is -2.08. The number of hydrogen-bond donors (Lipinski definition) is 1. The highest BCUT2D eigenvalue weighted by Crippen LogP contribution is 2.27. The van der Waals surface area contributed by atoms with Crippen LogP contribution in [-0.2, 0) is 4.79 Å². The number of benzene rings is 3. The third-order valence-corrected chi connectivity index (χ3v) is 4.85. The van der Waals surface area contributed by atoms with Gasteiger partial charge in [-0.1, -0.05) is 53.5 Å². The fourth-order valence-electron chi connectivity index (χ4n) is 2.19. The van der Waals surface area contributed by atoms with Crippen LogP contribution >= 0.6 is 35.0 Å². The third-order valence-electron chi connectivity index (χ3n) is 3.29. The van der Waals surface area contributed by atoms with Crippen LogP contribution in [0.2, 0.25) is 10.0 Å². The first-order valence-corrected chi connectivity index (χ1v) is 8.72. The summed E-state index contributed by atoms with van der Waals surface area (Å²) >= 11 is 13.4. The summed E-state index contributed by atoms with van der Waals surface area (Å²) in [6, 6.07) is 19.3. The molecule has 5 heteroatoms. The van der Waals surface area contributed by atoms with Crippen LogP contribution in [0.5, 0.6) is 0 Å². The van der Waals surface area contributed by atoms with Crippen LogP contribution in [0.25, 0.3) is 10.8 Å². The summed E-state index contributed by atoms with van der Waals surface area (Å²) in [5.74, 6) is 0.189. The summed E-state index contributed by atoms with van der Waals surface area (Å²) in [4.78, 5) is 13.1. The van der Waals surface area contributed by atoms with Gasteiger partial charge in [0.1, 0.15) is 0 Å². The number of hydrogen-bond acceptors (Lipinski definition) is 2. The molecular formula is C18H13Cl2NOS. The Balaban J connectivity index is 1.64. The van der Waals surface area contributed by atoms with E-state index in [9.17, 15) is 4.79 Å². The van der Waals surface area contributed by atoms with Crippen molar-refractivity contribution < 1.29 is 4.79 Å². The van der Waals surface area contributed by atoms with Gasteiger partial charge in [-0.25, -0.2) is 0 Å². The van der Waals surface area contributed by atoms with Crippen molar-refractivity contribution in [1.82, 2.24) is 0 Å². The van der Waals surface area contributed by atoms with Gasteiger partial charge in [0, 0.05) is 9.92 Å². The van der Waals surface area contributed by atoms with Gasteiger partial charge < -0.3 is 5.32 Å². The molecule has 23 heavy (non-hydrogen) atoms. The van der Waals surface area contributed by atoms with Crippen LogP contribution in [-0.4, -0.2) is 11.7 Å². The largest absolute Gasteiger partial charge is 0.324 e. The molecule has 3 aromatic carbocycles. The topological polar surface area (TPSA) is 29.1 Å². The van der Waals surface area contributed by atoms with E-state index >= 15 is 0 Å². The van der Waals surface area contributed by atoms with Crippen molar-refractivity contribution in [3.63, 3.8) is 0 Å². The van der Waals surface area contributed by atoms with Crippen molar-refractivity contribution in [2.75, 3.05) is 11.1 Å². The summed E-state index contributed by atoms with van der Waals surface area (Å²) in [6.45, 7) is 0. The summed E-state index contributed by atoms with van der Waals surface area (Å²) in [6.07, 6.45) is 0. The molecule has 116 valence electrons. The Morgan fingerprint density at radius 1 is 0.957 bits per heavy atom. The Bertz CT molecular complexity index is 867. The van der Waals surface area contributed by atoms with Crippen molar-refractivity contribution in [2.45, 2.75) is 4.90 Å². The molecule has 1 N–H and O–H groups in total. The first-order valence-electron chi connectivity index (χ1n) is 6.98. The molecule has 0 radical (unpaired) electrons. The average molecular weight is 362 g/mol. The molecule has 0 saturated carbocycles. The van der Waals surface area contributed by atoms with Gasteiger partial charge >= 0.3 is 0 Å². The average Bonchev–Trinajstić information content (AvgIpc) is 2.56. The van der Waals surface area contributed by atoms with E-state index in [-0.39, 0.29) is 5.91 Å². The van der Waals surface area contributed by atoms with Gasteiger partial charge in [-0.15, -0.1) is 11.8 Å². The molecule has 3 rings (SSSR count). The van der Waals surface area contributed by atoms with Crippen molar-refractivity contribution in [3.8, 4) is 0 Å². The zero-order valence-corrected chi connectivity index (χ0v) is 14.4. The summed E-state index contributed by atoms with van der Waals surface area (Å²) < 4.78 is 0. The predicted molar refractivity (Wildman–Crippen MR) is 99.8 cm³/mol. The number of carbonyl (C=O) groups excluding carboxylic acids is 1. The predicted octanol–water partition coefficient (Wildman–Crippen LogP) is 5.88. The SMILES string of the molecule is O=C(CSc1ccc2ccccc2c1)Nc1cc(Cl)ccc1Cl. The molecule has 3 aromatic rings. The second-order valence-electron chi connectivity index (χ2n) is 4.97. The number of nitrogens with one attached hydrogen (secondary N) is 1. The van der Waals surface area contributed by atoms with E-state index in [0.717, 1.165) is 10.3 Å². The molecule has 0 spiro atoms. The molecule has 0 aliphatic carbocycles. The number of thioether (sulfide) groups is 1. The van der Waals surface area contributed by atoms with Gasteiger partial charge in [0.05, 0.1) is 16.5 Å². The Kier molecular flexibility index (Phi) is 5.11. The van der Waals surface area contributed by atoms with E-state index in [0.29, 0.717) is 21.5 Å². The number of anilines is 1. The van der Waals surface area contributed by atoms with Gasteiger partial charge in [0.15, 0.2) is 0 Å². The third kappa shape index (κ3) is 4.20. The standard InChI is InChI=1S/C18H13Cl2NOS/c19-14-6-8-16(20)17(10-14)21-18(22)11-23-15-7-5-12-3-1-2-4-13(12)9-15/h1-10H,11H2,(H,21,22). The smallest absolute Gasteiger partial charge is 0.234 e. The zero-order valence-electron chi connectivity index (χ0n) is 12.1. The molecule has 0 fully saturated rings. The lowest BCUT2D eigenvalue weighted by atomic mass is 10.1. The van der Waals surface area contributed by atoms with Gasteiger partial charge in [0.2, 0.25) is 5.91 Å². The van der Waals surface area contributed by atoms with Gasteiger partial charge in [-0.3, -0.25) is 4.79 Å². The molecular weight excluding hydrogens is 349 g/mol. The summed E-state index contributed by atoms with van der Waals surface area (Å²) in [7, 11) is 0. The highest BCUT2D eigenvalue weighted by Gasteiger charge is 2.07. The summed E-state index contributed by atoms with van der Waals surface area (Å²) in [5.41, 5.74) is 0.531. The van der Waals surface area contributed by atoms with Gasteiger partial charge in [-0.2, -0.15) is 0 Å². The van der Waals surface area contributed by atoms with Gasteiger partial charge in [0.25, 0.3) is 0 Å². The van der Waals surface area contributed by atoms with E-state index in [4.69, 9.17) is 23.2 Å². The Hall–Kier alpha value is -1.68. The maximum atomic E-state index is 12.1. The lowest BCUT2D eigenvalue weighted by molar-refractivity contribution is -0.113. The minimum absolute atomic E-state index is 0.118. The van der Waals surface area contributed by atoms with Crippen LogP contribution in [0, 0.1) is 0 Å². The van der Waals surface area contributed by atoms with Crippen molar-refractivity contribution in [1.29, 1.82) is 0 Å². The molecule has 0 aromatic heterocycles. The quantitative estimate of drug-likeness (QED) is 0.588. The molecule has 0 aliphatic rings. The van der Waals surface area contributed by atoms with E-state index < -0.39 is 0 Å². The molecule has 0 bridgehead atoms. The van der Waals surface area contributed by atoms with Crippen molar-refractivity contribution in [2.24, 2.45) is 0 Å². The summed E-state index contributed by atoms with van der Waals surface area (Å²) in [5, 5.41) is 6.14. The van der Waals surface area contributed by atoms with E-state index in [1.807, 2.05) is 18.2 Å². The molecule has 0 saturated heterocycles. The number of amides is 1. The second kappa shape index (κ2) is 7.26. The van der Waals surface area contributed by atoms with Crippen molar-refractivity contribution >= 4 is 57.3 Å². The number of halogens is 2. The Morgan fingerprint density at radius 2 is 1.74 bits per heavy atom. The molecule has 0 unspecified atom stereocenters. The lowest BCUT2D eigenvalue weighted by Crippen LogP contribution is -2.14. The maximum absolute atomic E-state index is 12.1. The number of rotatable bonds is 4. The molecule has 2 nitrogen and oxygen atoms in total. The minimum Gasteiger partial charge on any atom is -0.324 e. The zero-order chi connectivity index (χ0) is 16.2. The Labute approximate surface area is 148 Å². The number of carbonyl (C=O) groups is 1. The molecule has 0 atom stereocenters. The van der Waals surface area contributed by atoms with Crippen LogP contribution in [0.15, 0.2) is 65.6 Å². The minimum atomic E-state index is -0.118. The molecule has 1 amide bonds. The fraction of sp³-hybridized carbons (Fsp3) is 0.0556. The van der Waals surface area contributed by atoms with Crippen LogP contribution < -0.4 is 5.32 Å². The van der Waals surface area contributed by atoms with Crippen molar-refractivity contribution in [3.05, 3.63) is 70.7 Å². The van der Waals surface area contributed by atoms with E-state index in [1.165, 1.54) is 17.1 Å². The van der Waals surface area contributed by atoms with E-state index in [2.05, 4.69) is 29.6 Å². The highest BCUT2D eigenvalue weighted by atomic mass is 35.5. The Morgan fingerprint density at radius 3 is 2.57 bits per heavy atom. The van der Waals surface area contributed by atoms with Crippen LogP contribution in [0.1, 0.15) is 0 Å². The maximum Gasteiger partial charge on any atom is 0.234 e. The fourth-order valence-corrected chi connectivity index (χ4v) is 3.27. The monoisotopic (exact) mass is 361 g/mol.